The molecule has 1 fully saturated rings. The van der Waals surface area contributed by atoms with Gasteiger partial charge in [-0.2, -0.15) is 4.99 Å². The van der Waals surface area contributed by atoms with Crippen LogP contribution in [0.15, 0.2) is 39.9 Å². The summed E-state index contributed by atoms with van der Waals surface area (Å²) in [6.07, 6.45) is 1.33. The SMILES string of the molecule is Cc1ccnc(C(C)(C)F)c1N1C(=O)N=C(N2CCN(C(=O)OC(C)(C)C)C[C@@H]2C)C2=CC(F)=C(Cl)NC21. The van der Waals surface area contributed by atoms with Crippen molar-refractivity contribution in [3.05, 3.63) is 46.2 Å². The van der Waals surface area contributed by atoms with Gasteiger partial charge in [-0.15, -0.1) is 0 Å². The zero-order valence-electron chi connectivity index (χ0n) is 22.6. The number of urea groups is 1. The minimum Gasteiger partial charge on any atom is -0.444 e. The fourth-order valence-electron chi connectivity index (χ4n) is 4.76. The number of aryl methyl sites for hydroxylation is 1. The number of pyridine rings is 1. The van der Waals surface area contributed by atoms with E-state index in [9.17, 15) is 14.0 Å². The third-order valence-electron chi connectivity index (χ3n) is 6.46. The van der Waals surface area contributed by atoms with Crippen LogP contribution in [0.4, 0.5) is 24.1 Å². The van der Waals surface area contributed by atoms with E-state index in [1.807, 2.05) is 11.8 Å². The van der Waals surface area contributed by atoms with E-state index in [0.717, 1.165) is 0 Å². The van der Waals surface area contributed by atoms with Crippen molar-refractivity contribution in [2.45, 2.75) is 71.9 Å². The molecule has 2 atom stereocenters. The first-order chi connectivity index (χ1) is 17.6. The van der Waals surface area contributed by atoms with Gasteiger partial charge in [0.25, 0.3) is 0 Å². The Balaban J connectivity index is 1.73. The summed E-state index contributed by atoms with van der Waals surface area (Å²) in [5.41, 5.74) is -1.26. The Morgan fingerprint density at radius 3 is 2.53 bits per heavy atom. The van der Waals surface area contributed by atoms with Gasteiger partial charge in [0, 0.05) is 37.4 Å². The molecule has 9 nitrogen and oxygen atoms in total. The number of carbonyl (C=O) groups excluding carboxylic acids is 2. The summed E-state index contributed by atoms with van der Waals surface area (Å²) in [6, 6.07) is 0.727. The summed E-state index contributed by atoms with van der Waals surface area (Å²) in [4.78, 5) is 39.5. The highest BCUT2D eigenvalue weighted by atomic mass is 35.5. The van der Waals surface area contributed by atoms with Gasteiger partial charge in [-0.05, 0) is 66.2 Å². The van der Waals surface area contributed by atoms with Crippen LogP contribution < -0.4 is 10.2 Å². The van der Waals surface area contributed by atoms with Crippen molar-refractivity contribution in [3.63, 3.8) is 0 Å². The molecule has 1 unspecified atom stereocenters. The van der Waals surface area contributed by atoms with Crippen molar-refractivity contribution in [2.24, 2.45) is 4.99 Å². The van der Waals surface area contributed by atoms with Gasteiger partial charge in [-0.1, -0.05) is 11.6 Å². The average molecular weight is 551 g/mol. The summed E-state index contributed by atoms with van der Waals surface area (Å²) < 4.78 is 35.5. The maximum absolute atomic E-state index is 15.2. The molecule has 0 aliphatic carbocycles. The van der Waals surface area contributed by atoms with Crippen LogP contribution in [0.25, 0.3) is 0 Å². The average Bonchev–Trinajstić information content (AvgIpc) is 2.78. The standard InChI is InChI=1S/C26H33ClF2N6O3/c1-14-8-9-30-19(26(6,7)29)18(14)35-22-16(12-17(28)20(27)31-22)21(32-23(35)36)34-11-10-33(13-15(34)2)24(37)38-25(3,4)5/h8-9,12,15,22,31H,10-11,13H2,1-7H3/t15-,22?/m0/s1. The molecule has 12 heteroatoms. The lowest BCUT2D eigenvalue weighted by Gasteiger charge is -2.46. The molecule has 3 amide bonds. The molecule has 4 rings (SSSR count). The fraction of sp³-hybridized carbons (Fsp3) is 0.538. The number of hydrogen-bond donors (Lipinski definition) is 1. The number of nitrogens with zero attached hydrogens (tertiary/aromatic N) is 5. The molecule has 3 aliphatic heterocycles. The van der Waals surface area contributed by atoms with Gasteiger partial charge in [-0.3, -0.25) is 9.88 Å². The molecule has 206 valence electrons. The monoisotopic (exact) mass is 550 g/mol. The van der Waals surface area contributed by atoms with E-state index in [4.69, 9.17) is 16.3 Å². The van der Waals surface area contributed by atoms with E-state index in [-0.39, 0.29) is 28.4 Å². The van der Waals surface area contributed by atoms with Crippen molar-refractivity contribution < 1.29 is 23.1 Å². The van der Waals surface area contributed by atoms with Crippen LogP contribution in [-0.4, -0.2) is 70.2 Å². The number of amides is 3. The number of nitrogens with one attached hydrogen (secondary N) is 1. The van der Waals surface area contributed by atoms with Crippen LogP contribution >= 0.6 is 11.6 Å². The van der Waals surface area contributed by atoms with Gasteiger partial charge in [0.05, 0.1) is 5.69 Å². The van der Waals surface area contributed by atoms with E-state index in [0.29, 0.717) is 30.8 Å². The van der Waals surface area contributed by atoms with Crippen LogP contribution in [0, 0.1) is 6.92 Å². The Kier molecular flexibility index (Phi) is 7.20. The summed E-state index contributed by atoms with van der Waals surface area (Å²) >= 11 is 6.14. The van der Waals surface area contributed by atoms with Crippen LogP contribution in [0.5, 0.6) is 0 Å². The normalized spacial score (nSPS) is 22.6. The van der Waals surface area contributed by atoms with Gasteiger partial charge in [0.1, 0.15) is 34.1 Å². The zero-order chi connectivity index (χ0) is 28.2. The smallest absolute Gasteiger partial charge is 0.410 e. The zero-order valence-corrected chi connectivity index (χ0v) is 23.4. The van der Waals surface area contributed by atoms with E-state index < -0.39 is 35.4 Å². The highest BCUT2D eigenvalue weighted by Crippen LogP contribution is 2.39. The number of dihydropyridines is 1. The molecule has 0 bridgehead atoms. The molecular weight excluding hydrogens is 518 g/mol. The maximum Gasteiger partial charge on any atom is 0.410 e. The summed E-state index contributed by atoms with van der Waals surface area (Å²) in [5.74, 6) is -0.448. The molecule has 1 aromatic rings. The number of halogens is 3. The Bertz CT molecular complexity index is 1250. The van der Waals surface area contributed by atoms with Gasteiger partial charge in [0.15, 0.2) is 5.83 Å². The summed E-state index contributed by atoms with van der Waals surface area (Å²) in [6.45, 7) is 12.7. The first-order valence-corrected chi connectivity index (χ1v) is 12.8. The van der Waals surface area contributed by atoms with Crippen LogP contribution in [0.2, 0.25) is 0 Å². The number of carbonyl (C=O) groups is 2. The number of anilines is 1. The molecule has 3 aliphatic rings. The number of aliphatic imine (C=N–C) groups is 1. The van der Waals surface area contributed by atoms with Crippen molar-refractivity contribution >= 4 is 35.2 Å². The first-order valence-electron chi connectivity index (χ1n) is 12.4. The van der Waals surface area contributed by atoms with Gasteiger partial charge >= 0.3 is 12.1 Å². The number of hydrogen-bond acceptors (Lipinski definition) is 6. The number of fused-ring (bicyclic) bond motifs is 1. The molecule has 38 heavy (non-hydrogen) atoms. The quantitative estimate of drug-likeness (QED) is 0.515. The highest BCUT2D eigenvalue weighted by Gasteiger charge is 2.44. The van der Waals surface area contributed by atoms with E-state index >= 15 is 4.39 Å². The molecule has 1 saturated heterocycles. The first kappa shape index (κ1) is 27.8. The van der Waals surface area contributed by atoms with Crippen LogP contribution in [0.3, 0.4) is 0 Å². The highest BCUT2D eigenvalue weighted by molar-refractivity contribution is 6.30. The largest absolute Gasteiger partial charge is 0.444 e. The molecule has 1 aromatic heterocycles. The van der Waals surface area contributed by atoms with Gasteiger partial charge < -0.3 is 19.9 Å². The Labute approximate surface area is 226 Å². The predicted octanol–water partition coefficient (Wildman–Crippen LogP) is 5.11. The second-order valence-electron chi connectivity index (χ2n) is 11.2. The lowest BCUT2D eigenvalue weighted by molar-refractivity contribution is 0.0133. The molecule has 1 N–H and O–H groups in total. The van der Waals surface area contributed by atoms with Crippen molar-refractivity contribution in [1.29, 1.82) is 0 Å². The minimum atomic E-state index is -1.87. The van der Waals surface area contributed by atoms with Crippen molar-refractivity contribution in [2.75, 3.05) is 24.5 Å². The number of piperazine rings is 1. The number of alkyl halides is 1. The predicted molar refractivity (Wildman–Crippen MR) is 141 cm³/mol. The lowest BCUT2D eigenvalue weighted by Crippen LogP contribution is -2.61. The Hall–Kier alpha value is -3.21. The summed E-state index contributed by atoms with van der Waals surface area (Å²) in [5, 5.41) is 2.58. The third-order valence-corrected chi connectivity index (χ3v) is 6.74. The second-order valence-corrected chi connectivity index (χ2v) is 11.5. The third kappa shape index (κ3) is 5.34. The topological polar surface area (TPSA) is 90.4 Å². The van der Waals surface area contributed by atoms with Gasteiger partial charge in [-0.25, -0.2) is 18.4 Å². The fourth-order valence-corrected chi connectivity index (χ4v) is 4.92. The molecule has 0 aromatic carbocycles. The van der Waals surface area contributed by atoms with E-state index in [1.165, 1.54) is 31.0 Å². The number of ether oxygens (including phenoxy) is 1. The number of rotatable bonds is 2. The molecular formula is C26H33ClF2N6O3. The Morgan fingerprint density at radius 1 is 1.24 bits per heavy atom. The minimum absolute atomic E-state index is 0.0520. The maximum atomic E-state index is 15.2. The molecule has 0 spiro atoms. The molecule has 0 radical (unpaired) electrons. The van der Waals surface area contributed by atoms with Crippen LogP contribution in [0.1, 0.15) is 52.8 Å². The van der Waals surface area contributed by atoms with E-state index in [1.54, 1.807) is 38.7 Å². The molecule has 4 heterocycles. The Morgan fingerprint density at radius 2 is 1.92 bits per heavy atom. The van der Waals surface area contributed by atoms with Crippen molar-refractivity contribution in [3.8, 4) is 0 Å². The lowest BCUT2D eigenvalue weighted by atomic mass is 9.97. The number of aromatic nitrogens is 1. The number of amidine groups is 1. The number of allylic oxidation sites excluding steroid dienone is 2. The summed E-state index contributed by atoms with van der Waals surface area (Å²) in [7, 11) is 0. The second kappa shape index (κ2) is 9.83. The van der Waals surface area contributed by atoms with E-state index in [2.05, 4.69) is 15.3 Å². The van der Waals surface area contributed by atoms with Crippen LogP contribution in [-0.2, 0) is 10.4 Å². The molecule has 0 saturated carbocycles. The van der Waals surface area contributed by atoms with Crippen molar-refractivity contribution in [1.82, 2.24) is 20.1 Å². The van der Waals surface area contributed by atoms with Gasteiger partial charge in [0.2, 0.25) is 0 Å².